The van der Waals surface area contributed by atoms with Crippen molar-refractivity contribution < 1.29 is 0 Å². The molecule has 0 unspecified atom stereocenters. The van der Waals surface area contributed by atoms with E-state index in [2.05, 4.69) is 43.3 Å². The normalized spacial score (nSPS) is 11.5. The lowest BCUT2D eigenvalue weighted by Gasteiger charge is -2.13. The van der Waals surface area contributed by atoms with E-state index < -0.39 is 0 Å². The number of hydrogen-bond acceptors (Lipinski definition) is 3. The molecule has 0 aliphatic heterocycles. The third-order valence-electron chi connectivity index (χ3n) is 4.49. The van der Waals surface area contributed by atoms with Gasteiger partial charge >= 0.3 is 0 Å². The van der Waals surface area contributed by atoms with E-state index in [1.54, 1.807) is 7.05 Å². The first-order valence-corrected chi connectivity index (χ1v) is 8.43. The minimum absolute atomic E-state index is 0. The molecule has 0 bridgehead atoms. The molecule has 0 spiro atoms. The van der Waals surface area contributed by atoms with Crippen molar-refractivity contribution >= 4 is 41.0 Å². The maximum Gasteiger partial charge on any atom is 0.191 e. The smallest absolute Gasteiger partial charge is 0.191 e. The predicted molar refractivity (Wildman–Crippen MR) is 116 cm³/mol. The minimum atomic E-state index is 0. The Labute approximate surface area is 170 Å². The molecule has 2 N–H and O–H groups in total. The van der Waals surface area contributed by atoms with Gasteiger partial charge in [-0.05, 0) is 26.0 Å². The first-order chi connectivity index (χ1) is 12.1. The van der Waals surface area contributed by atoms with Crippen molar-refractivity contribution in [1.29, 1.82) is 0 Å². The lowest BCUT2D eigenvalue weighted by Crippen LogP contribution is -2.38. The van der Waals surface area contributed by atoms with Gasteiger partial charge in [0.15, 0.2) is 5.96 Å². The zero-order valence-electron chi connectivity index (χ0n) is 15.7. The second-order valence-corrected chi connectivity index (χ2v) is 6.05. The van der Waals surface area contributed by atoms with Crippen LogP contribution in [-0.2, 0) is 20.1 Å². The number of aryl methyl sites for hydroxylation is 2. The van der Waals surface area contributed by atoms with Crippen LogP contribution in [-0.4, -0.2) is 38.9 Å². The van der Waals surface area contributed by atoms with Gasteiger partial charge in [-0.2, -0.15) is 5.10 Å². The lowest BCUT2D eigenvalue weighted by molar-refractivity contribution is 0.675. The standard InChI is InChI=1S/C18H25N7.HI/c1-13-15(14(2)24(4)23-13)11-21-18(19-3)20-9-10-25-12-22-16-7-5-6-8-17(16)25;/h5-8,12H,9-11H2,1-4H3,(H2,19,20,21);1H. The molecule has 0 amide bonds. The number of benzene rings is 1. The van der Waals surface area contributed by atoms with Gasteiger partial charge in [-0.25, -0.2) is 4.98 Å². The van der Waals surface area contributed by atoms with Crippen LogP contribution >= 0.6 is 24.0 Å². The van der Waals surface area contributed by atoms with Crippen LogP contribution in [0.4, 0.5) is 0 Å². The van der Waals surface area contributed by atoms with Gasteiger partial charge in [0, 0.05) is 45.0 Å². The van der Waals surface area contributed by atoms with Crippen molar-refractivity contribution in [2.24, 2.45) is 12.0 Å². The van der Waals surface area contributed by atoms with Crippen molar-refractivity contribution in [2.45, 2.75) is 26.9 Å². The van der Waals surface area contributed by atoms with E-state index in [-0.39, 0.29) is 24.0 Å². The fourth-order valence-corrected chi connectivity index (χ4v) is 2.95. The molecule has 140 valence electrons. The SMILES string of the molecule is CN=C(NCCn1cnc2ccccc21)NCc1c(C)nn(C)c1C.I. The predicted octanol–water partition coefficient (Wildman–Crippen LogP) is 2.37. The number of aromatic nitrogens is 4. The van der Waals surface area contributed by atoms with Crippen LogP contribution in [0.5, 0.6) is 0 Å². The summed E-state index contributed by atoms with van der Waals surface area (Å²) in [6.07, 6.45) is 1.88. The highest BCUT2D eigenvalue weighted by molar-refractivity contribution is 14.0. The van der Waals surface area contributed by atoms with Crippen molar-refractivity contribution in [3.63, 3.8) is 0 Å². The largest absolute Gasteiger partial charge is 0.355 e. The van der Waals surface area contributed by atoms with E-state index in [9.17, 15) is 0 Å². The maximum atomic E-state index is 4.45. The van der Waals surface area contributed by atoms with Gasteiger partial charge < -0.3 is 15.2 Å². The quantitative estimate of drug-likeness (QED) is 0.344. The molecule has 0 aliphatic rings. The van der Waals surface area contributed by atoms with E-state index in [1.807, 2.05) is 43.2 Å². The van der Waals surface area contributed by atoms with Crippen LogP contribution in [0, 0.1) is 13.8 Å². The highest BCUT2D eigenvalue weighted by atomic mass is 127. The average Bonchev–Trinajstić information content (AvgIpc) is 3.13. The number of fused-ring (bicyclic) bond motifs is 1. The number of guanidine groups is 1. The van der Waals surface area contributed by atoms with Gasteiger partial charge in [-0.15, -0.1) is 24.0 Å². The molecule has 7 nitrogen and oxygen atoms in total. The van der Waals surface area contributed by atoms with Gasteiger partial charge in [0.2, 0.25) is 0 Å². The number of nitrogens with one attached hydrogen (secondary N) is 2. The summed E-state index contributed by atoms with van der Waals surface area (Å²) in [6, 6.07) is 8.15. The summed E-state index contributed by atoms with van der Waals surface area (Å²) in [6.45, 7) is 6.41. The molecule has 0 atom stereocenters. The number of aliphatic imine (C=N–C) groups is 1. The summed E-state index contributed by atoms with van der Waals surface area (Å²) in [7, 11) is 3.75. The molecule has 2 heterocycles. The van der Waals surface area contributed by atoms with E-state index in [0.29, 0.717) is 6.54 Å². The summed E-state index contributed by atoms with van der Waals surface area (Å²) in [5.74, 6) is 0.784. The summed E-state index contributed by atoms with van der Waals surface area (Å²) >= 11 is 0. The Morgan fingerprint density at radius 1 is 1.19 bits per heavy atom. The number of imidazole rings is 1. The fourth-order valence-electron chi connectivity index (χ4n) is 2.95. The monoisotopic (exact) mass is 467 g/mol. The minimum Gasteiger partial charge on any atom is -0.355 e. The molecule has 3 aromatic rings. The summed E-state index contributed by atoms with van der Waals surface area (Å²) < 4.78 is 4.05. The number of nitrogens with zero attached hydrogens (tertiary/aromatic N) is 5. The molecular formula is C18H26IN7. The molecule has 0 saturated heterocycles. The molecule has 1 aromatic carbocycles. The molecule has 26 heavy (non-hydrogen) atoms. The van der Waals surface area contributed by atoms with E-state index in [4.69, 9.17) is 0 Å². The number of para-hydroxylation sites is 2. The van der Waals surface area contributed by atoms with Crippen molar-refractivity contribution in [3.05, 3.63) is 47.5 Å². The Balaban J connectivity index is 0.00000243. The van der Waals surface area contributed by atoms with Crippen LogP contribution < -0.4 is 10.6 Å². The molecule has 3 rings (SSSR count). The van der Waals surface area contributed by atoms with Crippen molar-refractivity contribution in [1.82, 2.24) is 30.0 Å². The van der Waals surface area contributed by atoms with Crippen LogP contribution in [0.15, 0.2) is 35.6 Å². The fraction of sp³-hybridized carbons (Fsp3) is 0.389. The Bertz CT molecular complexity index is 894. The average molecular weight is 467 g/mol. The van der Waals surface area contributed by atoms with Gasteiger partial charge in [0.05, 0.1) is 23.1 Å². The Morgan fingerprint density at radius 3 is 2.65 bits per heavy atom. The Hall–Kier alpha value is -2.10. The highest BCUT2D eigenvalue weighted by Crippen LogP contribution is 2.12. The molecule has 0 radical (unpaired) electrons. The molecule has 2 aromatic heterocycles. The second kappa shape index (κ2) is 9.02. The highest BCUT2D eigenvalue weighted by Gasteiger charge is 2.09. The Kier molecular flexibility index (Phi) is 7.01. The summed E-state index contributed by atoms with van der Waals surface area (Å²) in [5.41, 5.74) is 5.60. The van der Waals surface area contributed by atoms with E-state index >= 15 is 0 Å². The van der Waals surface area contributed by atoms with Crippen molar-refractivity contribution in [2.75, 3.05) is 13.6 Å². The van der Waals surface area contributed by atoms with Crippen LogP contribution in [0.25, 0.3) is 11.0 Å². The van der Waals surface area contributed by atoms with E-state index in [1.165, 1.54) is 11.3 Å². The lowest BCUT2D eigenvalue weighted by atomic mass is 10.2. The zero-order chi connectivity index (χ0) is 17.8. The first kappa shape index (κ1) is 20.2. The molecule has 0 aliphatic carbocycles. The van der Waals surface area contributed by atoms with Gasteiger partial charge in [-0.1, -0.05) is 12.1 Å². The third kappa shape index (κ3) is 4.35. The molecular weight excluding hydrogens is 441 g/mol. The number of rotatable bonds is 5. The van der Waals surface area contributed by atoms with Gasteiger partial charge in [0.25, 0.3) is 0 Å². The van der Waals surface area contributed by atoms with Crippen LogP contribution in [0.3, 0.4) is 0 Å². The maximum absolute atomic E-state index is 4.45. The summed E-state index contributed by atoms with van der Waals surface area (Å²) in [5, 5.41) is 11.2. The second-order valence-electron chi connectivity index (χ2n) is 6.05. The van der Waals surface area contributed by atoms with Gasteiger partial charge in [0.1, 0.15) is 0 Å². The first-order valence-electron chi connectivity index (χ1n) is 8.43. The zero-order valence-corrected chi connectivity index (χ0v) is 18.0. The molecule has 0 fully saturated rings. The molecule has 8 heteroatoms. The summed E-state index contributed by atoms with van der Waals surface area (Å²) in [4.78, 5) is 8.71. The topological polar surface area (TPSA) is 72.1 Å². The molecule has 0 saturated carbocycles. The van der Waals surface area contributed by atoms with Crippen LogP contribution in [0.2, 0.25) is 0 Å². The van der Waals surface area contributed by atoms with E-state index in [0.717, 1.165) is 35.8 Å². The Morgan fingerprint density at radius 2 is 1.96 bits per heavy atom. The van der Waals surface area contributed by atoms with Crippen LogP contribution in [0.1, 0.15) is 17.0 Å². The van der Waals surface area contributed by atoms with Crippen molar-refractivity contribution in [3.8, 4) is 0 Å². The third-order valence-corrected chi connectivity index (χ3v) is 4.49. The number of halogens is 1. The number of hydrogen-bond donors (Lipinski definition) is 2. The van der Waals surface area contributed by atoms with Gasteiger partial charge in [-0.3, -0.25) is 9.67 Å².